The maximum Gasteiger partial charge on any atom is 0.191 e. The van der Waals surface area contributed by atoms with Crippen LogP contribution in [0.3, 0.4) is 0 Å². The Kier molecular flexibility index (Phi) is 5.70. The van der Waals surface area contributed by atoms with Crippen LogP contribution in [0.25, 0.3) is 0 Å². The van der Waals surface area contributed by atoms with Gasteiger partial charge in [-0.25, -0.2) is 0 Å². The van der Waals surface area contributed by atoms with E-state index in [1.807, 2.05) is 73.9 Å². The lowest BCUT2D eigenvalue weighted by Crippen LogP contribution is -2.52. The maximum atomic E-state index is 13.2. The summed E-state index contributed by atoms with van der Waals surface area (Å²) in [7, 11) is 3.62. The van der Waals surface area contributed by atoms with Crippen LogP contribution in [0.5, 0.6) is 5.75 Å². The molecule has 0 bridgehead atoms. The molecule has 2 unspecified atom stereocenters. The molecule has 1 aliphatic rings. The van der Waals surface area contributed by atoms with E-state index in [9.17, 15) is 4.79 Å². The largest absolute Gasteiger partial charge is 0.497 e. The van der Waals surface area contributed by atoms with E-state index in [4.69, 9.17) is 15.5 Å². The standard InChI is InChI=1S/C24H25N3O2S/c1-15-11-12-30-24(15)23(28)21(25)20-14-26-22(16-7-5-4-6-8-16)18-10-9-17(29-3)13-19(18)27(20)2/h4-13,20-21H,14,25H2,1-3H3. The average molecular weight is 420 g/mol. The quantitative estimate of drug-likeness (QED) is 0.636. The van der Waals surface area contributed by atoms with Gasteiger partial charge in [0.15, 0.2) is 5.78 Å². The van der Waals surface area contributed by atoms with Crippen molar-refractivity contribution in [2.24, 2.45) is 10.7 Å². The van der Waals surface area contributed by atoms with Crippen molar-refractivity contribution in [2.75, 3.05) is 25.6 Å². The van der Waals surface area contributed by atoms with Crippen molar-refractivity contribution < 1.29 is 9.53 Å². The van der Waals surface area contributed by atoms with Gasteiger partial charge < -0.3 is 15.4 Å². The molecule has 4 rings (SSSR count). The van der Waals surface area contributed by atoms with Crippen LogP contribution in [-0.4, -0.2) is 44.3 Å². The van der Waals surface area contributed by atoms with E-state index < -0.39 is 6.04 Å². The van der Waals surface area contributed by atoms with E-state index in [2.05, 4.69) is 4.90 Å². The number of carbonyl (C=O) groups excluding carboxylic acids is 1. The summed E-state index contributed by atoms with van der Waals surface area (Å²) in [6, 6.07) is 17.0. The molecule has 6 heteroatoms. The van der Waals surface area contributed by atoms with Crippen LogP contribution < -0.4 is 15.4 Å². The van der Waals surface area contributed by atoms with Crippen molar-refractivity contribution in [3.63, 3.8) is 0 Å². The summed E-state index contributed by atoms with van der Waals surface area (Å²) in [5.41, 5.74) is 11.4. The van der Waals surface area contributed by atoms with E-state index in [1.54, 1.807) is 7.11 Å². The number of rotatable bonds is 5. The minimum atomic E-state index is -0.690. The number of anilines is 1. The summed E-state index contributed by atoms with van der Waals surface area (Å²) >= 11 is 1.44. The zero-order valence-electron chi connectivity index (χ0n) is 17.3. The zero-order chi connectivity index (χ0) is 21.3. The number of carbonyl (C=O) groups is 1. The van der Waals surface area contributed by atoms with Crippen molar-refractivity contribution in [2.45, 2.75) is 19.0 Å². The molecule has 2 atom stereocenters. The molecule has 154 valence electrons. The van der Waals surface area contributed by atoms with Gasteiger partial charge in [-0.3, -0.25) is 9.79 Å². The third-order valence-electron chi connectivity index (χ3n) is 5.62. The lowest BCUT2D eigenvalue weighted by Gasteiger charge is -2.32. The van der Waals surface area contributed by atoms with Crippen LogP contribution in [0.4, 0.5) is 5.69 Å². The average Bonchev–Trinajstić information content (AvgIpc) is 3.15. The minimum Gasteiger partial charge on any atom is -0.497 e. The number of likely N-dealkylation sites (N-methyl/N-ethyl adjacent to an activating group) is 1. The molecule has 3 aromatic rings. The fraction of sp³-hybridized carbons (Fsp3) is 0.250. The van der Waals surface area contributed by atoms with Crippen molar-refractivity contribution >= 4 is 28.5 Å². The number of Topliss-reactive ketones (excluding diaryl/α,β-unsaturated/α-hetero) is 1. The number of nitrogens with zero attached hydrogens (tertiary/aromatic N) is 2. The Morgan fingerprint density at radius 2 is 2.00 bits per heavy atom. The first-order chi connectivity index (χ1) is 14.5. The summed E-state index contributed by atoms with van der Waals surface area (Å²) in [5.74, 6) is 0.713. The van der Waals surface area contributed by atoms with Gasteiger partial charge in [0.05, 0.1) is 36.3 Å². The SMILES string of the molecule is COc1ccc2c(c1)N(C)C(C(N)C(=O)c1sccc1C)CN=C2c1ccccc1. The minimum absolute atomic E-state index is 0.0397. The second kappa shape index (κ2) is 8.42. The molecule has 1 aromatic heterocycles. The number of methoxy groups -OCH3 is 1. The number of nitrogens with two attached hydrogens (primary N) is 1. The molecule has 0 aliphatic carbocycles. The van der Waals surface area contributed by atoms with Gasteiger partial charge >= 0.3 is 0 Å². The molecule has 30 heavy (non-hydrogen) atoms. The van der Waals surface area contributed by atoms with Crippen molar-refractivity contribution in [1.82, 2.24) is 0 Å². The van der Waals surface area contributed by atoms with Gasteiger partial charge in [0.25, 0.3) is 0 Å². The molecular formula is C24H25N3O2S. The molecule has 0 radical (unpaired) electrons. The third kappa shape index (κ3) is 3.64. The van der Waals surface area contributed by atoms with Gasteiger partial charge in [0.2, 0.25) is 0 Å². The van der Waals surface area contributed by atoms with Crippen LogP contribution in [0.2, 0.25) is 0 Å². The number of aryl methyl sites for hydroxylation is 1. The van der Waals surface area contributed by atoms with Crippen LogP contribution in [0, 0.1) is 6.92 Å². The molecule has 2 heterocycles. The van der Waals surface area contributed by atoms with Gasteiger partial charge in [0.1, 0.15) is 5.75 Å². The Morgan fingerprint density at radius 3 is 2.67 bits per heavy atom. The van der Waals surface area contributed by atoms with Crippen molar-refractivity contribution in [3.8, 4) is 5.75 Å². The van der Waals surface area contributed by atoms with Crippen LogP contribution in [-0.2, 0) is 0 Å². The smallest absolute Gasteiger partial charge is 0.191 e. The van der Waals surface area contributed by atoms with Crippen molar-refractivity contribution in [1.29, 1.82) is 0 Å². The molecule has 0 saturated heterocycles. The van der Waals surface area contributed by atoms with E-state index in [0.29, 0.717) is 6.54 Å². The summed E-state index contributed by atoms with van der Waals surface area (Å²) in [6.07, 6.45) is 0. The Labute approximate surface area is 180 Å². The fourth-order valence-corrected chi connectivity index (χ4v) is 4.76. The predicted octanol–water partition coefficient (Wildman–Crippen LogP) is 3.93. The first kappa shape index (κ1) is 20.3. The molecule has 2 N–H and O–H groups in total. The number of fused-ring (bicyclic) bond motifs is 1. The van der Waals surface area contributed by atoms with Gasteiger partial charge in [-0.2, -0.15) is 0 Å². The molecule has 0 spiro atoms. The second-order valence-corrected chi connectivity index (χ2v) is 8.36. The lowest BCUT2D eigenvalue weighted by atomic mass is 9.98. The highest BCUT2D eigenvalue weighted by Crippen LogP contribution is 2.32. The highest BCUT2D eigenvalue weighted by Gasteiger charge is 2.33. The van der Waals surface area contributed by atoms with Gasteiger partial charge in [-0.05, 0) is 36.1 Å². The number of hydrogen-bond donors (Lipinski definition) is 1. The van der Waals surface area contributed by atoms with Crippen molar-refractivity contribution in [3.05, 3.63) is 81.5 Å². The molecule has 1 aliphatic heterocycles. The first-order valence-corrected chi connectivity index (χ1v) is 10.7. The zero-order valence-corrected chi connectivity index (χ0v) is 18.1. The van der Waals surface area contributed by atoms with Crippen LogP contribution >= 0.6 is 11.3 Å². The number of hydrogen-bond acceptors (Lipinski definition) is 6. The molecule has 2 aromatic carbocycles. The summed E-state index contributed by atoms with van der Waals surface area (Å²) in [5, 5.41) is 1.93. The molecular weight excluding hydrogens is 394 g/mol. The predicted molar refractivity (Wildman–Crippen MR) is 123 cm³/mol. The monoisotopic (exact) mass is 419 g/mol. The number of ether oxygens (including phenoxy) is 1. The number of thiophene rings is 1. The first-order valence-electron chi connectivity index (χ1n) is 9.86. The molecule has 5 nitrogen and oxygen atoms in total. The molecule has 0 amide bonds. The third-order valence-corrected chi connectivity index (χ3v) is 6.66. The van der Waals surface area contributed by atoms with Gasteiger partial charge in [-0.1, -0.05) is 30.3 Å². The van der Waals surface area contributed by atoms with E-state index in [1.165, 1.54) is 11.3 Å². The van der Waals surface area contributed by atoms with Crippen LogP contribution in [0.15, 0.2) is 65.0 Å². The molecule has 0 saturated carbocycles. The van der Waals surface area contributed by atoms with Gasteiger partial charge in [0, 0.05) is 29.9 Å². The Hall–Kier alpha value is -2.96. The maximum absolute atomic E-state index is 13.2. The Bertz CT molecular complexity index is 1090. The van der Waals surface area contributed by atoms with Gasteiger partial charge in [-0.15, -0.1) is 11.3 Å². The number of benzodiazepines with no additional fused rings is 1. The highest BCUT2D eigenvalue weighted by molar-refractivity contribution is 7.12. The Balaban J connectivity index is 1.79. The highest BCUT2D eigenvalue weighted by atomic mass is 32.1. The normalized spacial score (nSPS) is 17.0. The topological polar surface area (TPSA) is 67.9 Å². The number of aliphatic imine (C=N–C) groups is 1. The summed E-state index contributed by atoms with van der Waals surface area (Å²) in [4.78, 5) is 20.9. The van der Waals surface area contributed by atoms with E-state index in [-0.39, 0.29) is 11.8 Å². The number of benzene rings is 2. The summed E-state index contributed by atoms with van der Waals surface area (Å²) < 4.78 is 5.47. The fourth-order valence-electron chi connectivity index (χ4n) is 3.85. The molecule has 0 fully saturated rings. The lowest BCUT2D eigenvalue weighted by molar-refractivity contribution is 0.0953. The second-order valence-electron chi connectivity index (χ2n) is 7.44. The number of ketones is 1. The van der Waals surface area contributed by atoms with E-state index >= 15 is 0 Å². The van der Waals surface area contributed by atoms with E-state index in [0.717, 1.165) is 38.7 Å². The Morgan fingerprint density at radius 1 is 1.23 bits per heavy atom. The van der Waals surface area contributed by atoms with Crippen LogP contribution in [0.1, 0.15) is 26.4 Å². The summed E-state index contributed by atoms with van der Waals surface area (Å²) in [6.45, 7) is 2.37.